The summed E-state index contributed by atoms with van der Waals surface area (Å²) in [6.07, 6.45) is 5.34. The van der Waals surface area contributed by atoms with Crippen LogP contribution in [0.15, 0.2) is 27.8 Å². The van der Waals surface area contributed by atoms with Gasteiger partial charge >= 0.3 is 5.69 Å². The molecule has 0 aliphatic heterocycles. The lowest BCUT2D eigenvalue weighted by Crippen LogP contribution is -2.46. The monoisotopic (exact) mass is 383 g/mol. The Kier molecular flexibility index (Phi) is 4.88. The Morgan fingerprint density at radius 1 is 1.18 bits per heavy atom. The summed E-state index contributed by atoms with van der Waals surface area (Å²) in [6, 6.07) is 5.32. The van der Waals surface area contributed by atoms with Crippen molar-refractivity contribution in [3.05, 3.63) is 39.0 Å². The summed E-state index contributed by atoms with van der Waals surface area (Å²) in [5.41, 5.74) is 0.195. The van der Waals surface area contributed by atoms with Gasteiger partial charge in [0.05, 0.1) is 20.8 Å². The lowest BCUT2D eigenvalue weighted by atomic mass is 10.2. The molecule has 9 nitrogen and oxygen atoms in total. The first-order chi connectivity index (χ1) is 13.3. The molecule has 0 atom stereocenters. The molecule has 146 valence electrons. The van der Waals surface area contributed by atoms with Gasteiger partial charge in [-0.25, -0.2) is 14.3 Å². The van der Waals surface area contributed by atoms with Gasteiger partial charge in [-0.2, -0.15) is 4.68 Å². The van der Waals surface area contributed by atoms with Crippen LogP contribution in [0.1, 0.15) is 0 Å². The van der Waals surface area contributed by atoms with Crippen molar-refractivity contribution in [3.63, 3.8) is 0 Å². The summed E-state index contributed by atoms with van der Waals surface area (Å²) in [6.45, 7) is -0.127. The number of imidazole rings is 1. The number of fused-ring (bicyclic) bond motifs is 1. The van der Waals surface area contributed by atoms with E-state index in [1.807, 2.05) is 0 Å². The number of nitrogens with zero attached hydrogens (tertiary/aromatic N) is 5. The smallest absolute Gasteiger partial charge is 0.352 e. The van der Waals surface area contributed by atoms with Crippen LogP contribution in [0.5, 0.6) is 11.5 Å². The van der Waals surface area contributed by atoms with Crippen LogP contribution in [0.2, 0.25) is 0 Å². The fraction of sp³-hybridized carbons (Fsp3) is 0.316. The first-order valence-electron chi connectivity index (χ1n) is 8.41. The van der Waals surface area contributed by atoms with E-state index in [1.165, 1.54) is 4.68 Å². The predicted molar refractivity (Wildman–Crippen MR) is 107 cm³/mol. The largest absolute Gasteiger partial charge is 0.493 e. The third kappa shape index (κ3) is 2.79. The van der Waals surface area contributed by atoms with E-state index in [0.717, 1.165) is 4.57 Å². The molecule has 0 amide bonds. The highest BCUT2D eigenvalue weighted by atomic mass is 16.5. The van der Waals surface area contributed by atoms with Gasteiger partial charge < -0.3 is 19.0 Å². The number of aryl methyl sites for hydroxylation is 1. The van der Waals surface area contributed by atoms with E-state index < -0.39 is 11.2 Å². The van der Waals surface area contributed by atoms with Crippen molar-refractivity contribution in [1.29, 1.82) is 0 Å². The Morgan fingerprint density at radius 2 is 1.86 bits per heavy atom. The Bertz CT molecular complexity index is 1210. The van der Waals surface area contributed by atoms with E-state index in [4.69, 9.17) is 15.9 Å². The van der Waals surface area contributed by atoms with Crippen LogP contribution in [0.25, 0.3) is 22.6 Å². The van der Waals surface area contributed by atoms with E-state index in [9.17, 15) is 9.59 Å². The van der Waals surface area contributed by atoms with Gasteiger partial charge in [0.15, 0.2) is 22.7 Å². The average molecular weight is 383 g/mol. The summed E-state index contributed by atoms with van der Waals surface area (Å²) < 4.78 is 14.6. The quantitative estimate of drug-likeness (QED) is 0.594. The highest BCUT2D eigenvalue weighted by Crippen LogP contribution is 2.32. The van der Waals surface area contributed by atoms with Gasteiger partial charge in [0, 0.05) is 26.7 Å². The highest BCUT2D eigenvalue weighted by molar-refractivity contribution is 5.77. The van der Waals surface area contributed by atoms with Gasteiger partial charge in [-0.1, -0.05) is 5.92 Å². The predicted octanol–water partition coefficient (Wildman–Crippen LogP) is 0.412. The zero-order valence-corrected chi connectivity index (χ0v) is 16.4. The van der Waals surface area contributed by atoms with Gasteiger partial charge in [-0.3, -0.25) is 4.79 Å². The molecule has 0 spiro atoms. The van der Waals surface area contributed by atoms with E-state index in [2.05, 4.69) is 10.9 Å². The molecule has 0 aliphatic rings. The second-order valence-electron chi connectivity index (χ2n) is 6.27. The van der Waals surface area contributed by atoms with Gasteiger partial charge in [0.1, 0.15) is 5.82 Å². The molecule has 0 saturated heterocycles. The number of benzene rings is 1. The maximum absolute atomic E-state index is 12.9. The van der Waals surface area contributed by atoms with Crippen molar-refractivity contribution in [3.8, 4) is 35.2 Å². The molecule has 0 radical (unpaired) electrons. The fourth-order valence-corrected chi connectivity index (χ4v) is 3.12. The normalized spacial score (nSPS) is 10.7. The molecule has 0 saturated carbocycles. The number of aromatic nitrogens is 4. The number of hydrogen-bond acceptors (Lipinski definition) is 6. The molecule has 0 fully saturated rings. The van der Waals surface area contributed by atoms with E-state index in [1.54, 1.807) is 63.1 Å². The molecule has 0 bridgehead atoms. The second kappa shape index (κ2) is 7.15. The molecule has 3 aromatic rings. The van der Waals surface area contributed by atoms with Gasteiger partial charge in [0.2, 0.25) is 0 Å². The zero-order chi connectivity index (χ0) is 20.6. The molecule has 1 aromatic carbocycles. The Balaban J connectivity index is 2.40. The molecule has 2 heterocycles. The summed E-state index contributed by atoms with van der Waals surface area (Å²) in [7, 11) is 8.19. The first-order valence-corrected chi connectivity index (χ1v) is 8.41. The zero-order valence-electron chi connectivity index (χ0n) is 16.4. The minimum Gasteiger partial charge on any atom is -0.493 e. The van der Waals surface area contributed by atoms with Gasteiger partial charge in [-0.05, 0) is 18.2 Å². The maximum Gasteiger partial charge on any atom is 0.352 e. The Labute approximate surface area is 161 Å². The number of rotatable bonds is 5. The molecule has 0 unspecified atom stereocenters. The Hall–Kier alpha value is -3.67. The molecular weight excluding hydrogens is 362 g/mol. The molecule has 2 aromatic heterocycles. The lowest BCUT2D eigenvalue weighted by Gasteiger charge is -2.17. The van der Waals surface area contributed by atoms with Crippen LogP contribution in [0.3, 0.4) is 0 Å². The highest BCUT2D eigenvalue weighted by Gasteiger charge is 2.22. The molecule has 9 heteroatoms. The average Bonchev–Trinajstić information content (AvgIpc) is 3.01. The van der Waals surface area contributed by atoms with Crippen molar-refractivity contribution in [2.45, 2.75) is 6.54 Å². The standard InChI is InChI=1S/C19H21N5O4/c1-7-10-23-18(25)15-17(24(19(23)26)21(2)3)20-16(22(15)4)12-8-9-13(27-5)14(11-12)28-6/h1,8-9,11H,10H2,2-6H3. The topological polar surface area (TPSA) is 83.5 Å². The van der Waals surface area contributed by atoms with Crippen molar-refractivity contribution in [2.24, 2.45) is 7.05 Å². The molecule has 28 heavy (non-hydrogen) atoms. The molecule has 0 N–H and O–H groups in total. The van der Waals surface area contributed by atoms with Crippen LogP contribution in [-0.4, -0.2) is 47.1 Å². The van der Waals surface area contributed by atoms with Crippen LogP contribution >= 0.6 is 0 Å². The summed E-state index contributed by atoms with van der Waals surface area (Å²) >= 11 is 0. The summed E-state index contributed by atoms with van der Waals surface area (Å²) in [4.78, 5) is 30.3. The van der Waals surface area contributed by atoms with Crippen LogP contribution in [0, 0.1) is 12.3 Å². The van der Waals surface area contributed by atoms with Crippen molar-refractivity contribution >= 4 is 11.2 Å². The van der Waals surface area contributed by atoms with Crippen LogP contribution < -0.4 is 25.7 Å². The van der Waals surface area contributed by atoms with Crippen LogP contribution in [0.4, 0.5) is 0 Å². The molecule has 3 rings (SSSR count). The van der Waals surface area contributed by atoms with E-state index in [0.29, 0.717) is 22.9 Å². The first kappa shape index (κ1) is 19.1. The van der Waals surface area contributed by atoms with E-state index >= 15 is 0 Å². The number of hydrogen-bond donors (Lipinski definition) is 0. The van der Waals surface area contributed by atoms with Gasteiger partial charge in [-0.15, -0.1) is 6.42 Å². The number of ether oxygens (including phenoxy) is 2. The number of methoxy groups -OCH3 is 2. The lowest BCUT2D eigenvalue weighted by molar-refractivity contribution is 0.355. The molecule has 0 aliphatic carbocycles. The summed E-state index contributed by atoms with van der Waals surface area (Å²) in [5, 5.41) is 1.56. The third-order valence-electron chi connectivity index (χ3n) is 4.43. The fourth-order valence-electron chi connectivity index (χ4n) is 3.12. The number of terminal acetylenes is 1. The van der Waals surface area contributed by atoms with E-state index in [-0.39, 0.29) is 17.7 Å². The minimum absolute atomic E-state index is 0.127. The Morgan fingerprint density at radius 3 is 2.43 bits per heavy atom. The SMILES string of the molecule is C#CCn1c(=O)c2c(nc(-c3ccc(OC)c(OC)c3)n2C)n(N(C)C)c1=O. The van der Waals surface area contributed by atoms with Crippen molar-refractivity contribution in [2.75, 3.05) is 33.3 Å². The van der Waals surface area contributed by atoms with Crippen LogP contribution in [-0.2, 0) is 13.6 Å². The minimum atomic E-state index is -0.544. The maximum atomic E-state index is 12.9. The summed E-state index contributed by atoms with van der Waals surface area (Å²) in [5.74, 6) is 3.96. The van der Waals surface area contributed by atoms with Crippen molar-refractivity contribution < 1.29 is 9.47 Å². The molecular formula is C19H21N5O4. The second-order valence-corrected chi connectivity index (χ2v) is 6.27. The third-order valence-corrected chi connectivity index (χ3v) is 4.43. The van der Waals surface area contributed by atoms with Crippen molar-refractivity contribution in [1.82, 2.24) is 18.8 Å². The van der Waals surface area contributed by atoms with Gasteiger partial charge in [0.25, 0.3) is 5.56 Å².